The fourth-order valence-corrected chi connectivity index (χ4v) is 5.24. The van der Waals surface area contributed by atoms with Crippen LogP contribution in [0.5, 0.6) is 0 Å². The summed E-state index contributed by atoms with van der Waals surface area (Å²) in [5, 5.41) is 3.19. The zero-order chi connectivity index (χ0) is 21.3. The average molecular weight is 426 g/mol. The summed E-state index contributed by atoms with van der Waals surface area (Å²) < 4.78 is 5.22. The van der Waals surface area contributed by atoms with E-state index in [0.29, 0.717) is 21.7 Å². The second kappa shape index (κ2) is 8.39. The van der Waals surface area contributed by atoms with Gasteiger partial charge in [0.15, 0.2) is 0 Å². The molecule has 1 aliphatic carbocycles. The first-order valence-electron chi connectivity index (χ1n) is 10.1. The fraction of sp³-hybridized carbons (Fsp3) is 0.364. The molecule has 0 unspecified atom stereocenters. The molecule has 1 aromatic carbocycles. The van der Waals surface area contributed by atoms with Gasteiger partial charge in [-0.1, -0.05) is 18.6 Å². The van der Waals surface area contributed by atoms with Crippen LogP contribution in [0.15, 0.2) is 24.3 Å². The quantitative estimate of drug-likeness (QED) is 0.449. The first-order chi connectivity index (χ1) is 14.5. The number of thiophene rings is 1. The number of amides is 3. The van der Waals surface area contributed by atoms with Gasteiger partial charge in [-0.05, 0) is 50.3 Å². The van der Waals surface area contributed by atoms with E-state index in [9.17, 15) is 19.2 Å². The van der Waals surface area contributed by atoms with E-state index < -0.39 is 30.2 Å². The molecule has 2 aromatic rings. The number of carbonyl (C=O) groups excluding carboxylic acids is 4. The standard InChI is InChI=1S/C22H22N2O5S/c1-2-29-22(28)18-15-10-4-3-5-11-16(15)30-19(18)23-17(25)12-24-20(26)13-8-6-7-9-14(13)21(24)27/h6-9H,2-5,10-12H2,1H3,(H,23,25). The largest absolute Gasteiger partial charge is 0.462 e. The molecule has 0 spiro atoms. The molecule has 0 radical (unpaired) electrons. The first kappa shape index (κ1) is 20.3. The number of nitrogens with one attached hydrogen (secondary N) is 1. The third-order valence-corrected chi connectivity index (χ3v) is 6.54. The predicted octanol–water partition coefficient (Wildman–Crippen LogP) is 3.43. The summed E-state index contributed by atoms with van der Waals surface area (Å²) in [6, 6.07) is 6.50. The van der Waals surface area contributed by atoms with Gasteiger partial charge in [0.25, 0.3) is 11.8 Å². The molecule has 7 nitrogen and oxygen atoms in total. The number of imide groups is 1. The molecule has 8 heteroatoms. The summed E-state index contributed by atoms with van der Waals surface area (Å²) >= 11 is 1.38. The van der Waals surface area contributed by atoms with Crippen molar-refractivity contribution in [3.8, 4) is 0 Å². The highest BCUT2D eigenvalue weighted by atomic mass is 32.1. The third-order valence-electron chi connectivity index (χ3n) is 5.33. The lowest BCUT2D eigenvalue weighted by atomic mass is 10.1. The van der Waals surface area contributed by atoms with Gasteiger partial charge in [0, 0.05) is 4.88 Å². The molecule has 30 heavy (non-hydrogen) atoms. The van der Waals surface area contributed by atoms with E-state index in [2.05, 4.69) is 5.32 Å². The van der Waals surface area contributed by atoms with Crippen molar-refractivity contribution in [1.82, 2.24) is 4.90 Å². The molecule has 3 amide bonds. The van der Waals surface area contributed by atoms with Crippen molar-refractivity contribution < 1.29 is 23.9 Å². The van der Waals surface area contributed by atoms with E-state index in [0.717, 1.165) is 47.4 Å². The van der Waals surface area contributed by atoms with Gasteiger partial charge in [-0.2, -0.15) is 0 Å². The first-order valence-corrected chi connectivity index (χ1v) is 10.9. The van der Waals surface area contributed by atoms with Crippen molar-refractivity contribution in [2.24, 2.45) is 0 Å². The molecule has 2 aliphatic rings. The summed E-state index contributed by atoms with van der Waals surface area (Å²) in [7, 11) is 0. The number of aryl methyl sites for hydroxylation is 1. The minimum atomic E-state index is -0.522. The maximum atomic E-state index is 12.7. The maximum Gasteiger partial charge on any atom is 0.341 e. The highest BCUT2D eigenvalue weighted by Gasteiger charge is 2.36. The Bertz CT molecular complexity index is 1010. The monoisotopic (exact) mass is 426 g/mol. The zero-order valence-corrected chi connectivity index (χ0v) is 17.5. The Kier molecular flexibility index (Phi) is 5.67. The Balaban J connectivity index is 1.56. The van der Waals surface area contributed by atoms with Crippen LogP contribution < -0.4 is 5.32 Å². The molecular weight excluding hydrogens is 404 g/mol. The lowest BCUT2D eigenvalue weighted by Crippen LogP contribution is -2.37. The van der Waals surface area contributed by atoms with E-state index in [1.165, 1.54) is 11.3 Å². The van der Waals surface area contributed by atoms with Crippen LogP contribution in [0.25, 0.3) is 0 Å². The highest BCUT2D eigenvalue weighted by molar-refractivity contribution is 7.17. The minimum Gasteiger partial charge on any atom is -0.462 e. The van der Waals surface area contributed by atoms with Crippen LogP contribution in [0.4, 0.5) is 5.00 Å². The van der Waals surface area contributed by atoms with Crippen LogP contribution in [-0.4, -0.2) is 41.7 Å². The number of nitrogens with zero attached hydrogens (tertiary/aromatic N) is 1. The molecule has 0 fully saturated rings. The molecule has 1 aromatic heterocycles. The lowest BCUT2D eigenvalue weighted by molar-refractivity contribution is -0.116. The number of fused-ring (bicyclic) bond motifs is 2. The summed E-state index contributed by atoms with van der Waals surface area (Å²) in [6.07, 6.45) is 4.76. The van der Waals surface area contributed by atoms with Crippen LogP contribution in [0, 0.1) is 0 Å². The minimum absolute atomic E-state index is 0.242. The Labute approximate surface area is 178 Å². The number of hydrogen-bond acceptors (Lipinski definition) is 6. The summed E-state index contributed by atoms with van der Waals surface area (Å²) in [4.78, 5) is 52.4. The number of rotatable bonds is 5. The highest BCUT2D eigenvalue weighted by Crippen LogP contribution is 2.38. The van der Waals surface area contributed by atoms with E-state index in [1.54, 1.807) is 31.2 Å². The van der Waals surface area contributed by atoms with Crippen molar-refractivity contribution in [3.63, 3.8) is 0 Å². The summed E-state index contributed by atoms with van der Waals surface area (Å²) in [5.74, 6) is -1.95. The number of hydrogen-bond donors (Lipinski definition) is 1. The van der Waals surface area contributed by atoms with E-state index in [-0.39, 0.29) is 6.61 Å². The smallest absolute Gasteiger partial charge is 0.341 e. The summed E-state index contributed by atoms with van der Waals surface area (Å²) in [5.41, 5.74) is 1.96. The maximum absolute atomic E-state index is 12.7. The topological polar surface area (TPSA) is 92.8 Å². The molecule has 2 heterocycles. The van der Waals surface area contributed by atoms with Crippen LogP contribution in [0.3, 0.4) is 0 Å². The average Bonchev–Trinajstić information content (AvgIpc) is 3.06. The van der Waals surface area contributed by atoms with Crippen molar-refractivity contribution >= 4 is 40.0 Å². The van der Waals surface area contributed by atoms with Crippen LogP contribution in [-0.2, 0) is 22.4 Å². The van der Waals surface area contributed by atoms with Gasteiger partial charge < -0.3 is 10.1 Å². The van der Waals surface area contributed by atoms with E-state index >= 15 is 0 Å². The normalized spacial score (nSPS) is 15.4. The van der Waals surface area contributed by atoms with Gasteiger partial charge in [-0.25, -0.2) is 4.79 Å². The molecule has 1 aliphatic heterocycles. The Morgan fingerprint density at radius 2 is 1.73 bits per heavy atom. The van der Waals surface area contributed by atoms with Crippen molar-refractivity contribution in [2.45, 2.75) is 39.0 Å². The molecule has 4 rings (SSSR count). The predicted molar refractivity (Wildman–Crippen MR) is 112 cm³/mol. The van der Waals surface area contributed by atoms with E-state index in [4.69, 9.17) is 4.74 Å². The van der Waals surface area contributed by atoms with E-state index in [1.807, 2.05) is 0 Å². The summed E-state index contributed by atoms with van der Waals surface area (Å²) in [6.45, 7) is 1.58. The SMILES string of the molecule is CCOC(=O)c1c(NC(=O)CN2C(=O)c3ccccc3C2=O)sc2c1CCCCC2. The number of esters is 1. The second-order valence-corrected chi connectivity index (χ2v) is 8.38. The van der Waals surface area contributed by atoms with Crippen molar-refractivity contribution in [2.75, 3.05) is 18.5 Å². The Morgan fingerprint density at radius 3 is 2.40 bits per heavy atom. The van der Waals surface area contributed by atoms with Crippen LogP contribution in [0.2, 0.25) is 0 Å². The number of anilines is 1. The molecule has 1 N–H and O–H groups in total. The number of carbonyl (C=O) groups is 4. The fourth-order valence-electron chi connectivity index (χ4n) is 3.94. The van der Waals surface area contributed by atoms with Gasteiger partial charge in [0.1, 0.15) is 11.5 Å². The number of ether oxygens (including phenoxy) is 1. The van der Waals surface area contributed by atoms with Gasteiger partial charge >= 0.3 is 5.97 Å². The molecule has 0 atom stereocenters. The van der Waals surface area contributed by atoms with Gasteiger partial charge in [-0.15, -0.1) is 11.3 Å². The molecule has 0 saturated carbocycles. The van der Waals surface area contributed by atoms with Crippen LogP contribution >= 0.6 is 11.3 Å². The Morgan fingerprint density at radius 1 is 1.07 bits per heavy atom. The molecular formula is C22H22N2O5S. The second-order valence-electron chi connectivity index (χ2n) is 7.28. The van der Waals surface area contributed by atoms with Gasteiger partial charge in [0.2, 0.25) is 5.91 Å². The van der Waals surface area contributed by atoms with Crippen molar-refractivity contribution in [1.29, 1.82) is 0 Å². The van der Waals surface area contributed by atoms with Crippen LogP contribution in [0.1, 0.15) is 67.7 Å². The van der Waals surface area contributed by atoms with Crippen molar-refractivity contribution in [3.05, 3.63) is 51.4 Å². The Hall–Kier alpha value is -3.00. The lowest BCUT2D eigenvalue weighted by Gasteiger charge is -2.14. The third kappa shape index (κ3) is 3.63. The molecule has 156 valence electrons. The van der Waals surface area contributed by atoms with Gasteiger partial charge in [0.05, 0.1) is 23.3 Å². The van der Waals surface area contributed by atoms with Gasteiger partial charge in [-0.3, -0.25) is 19.3 Å². The molecule has 0 saturated heterocycles. The number of benzene rings is 1. The zero-order valence-electron chi connectivity index (χ0n) is 16.7. The molecule has 0 bridgehead atoms.